The van der Waals surface area contributed by atoms with Gasteiger partial charge in [-0.05, 0) is 59.8 Å². The summed E-state index contributed by atoms with van der Waals surface area (Å²) in [7, 11) is 2.18. The van der Waals surface area contributed by atoms with E-state index in [1.54, 1.807) is 0 Å². The Morgan fingerprint density at radius 2 is 1.89 bits per heavy atom. The highest BCUT2D eigenvalue weighted by Gasteiger charge is 2.26. The standard InChI is InChI=1S/C14H28N2O2/c1-14(2,13(17)18)7-4-5-9-16-10-6-8-15(3)11-12-16/h4-12H2,1-3H3,(H,17,18). The van der Waals surface area contributed by atoms with Crippen LogP contribution in [0.5, 0.6) is 0 Å². The molecular formula is C14H28N2O2. The van der Waals surface area contributed by atoms with Gasteiger partial charge in [0.05, 0.1) is 5.41 Å². The summed E-state index contributed by atoms with van der Waals surface area (Å²) >= 11 is 0. The van der Waals surface area contributed by atoms with Crippen molar-refractivity contribution >= 4 is 5.97 Å². The molecule has 0 aromatic rings. The molecule has 4 heteroatoms. The molecule has 0 spiro atoms. The van der Waals surface area contributed by atoms with Crippen molar-refractivity contribution in [3.05, 3.63) is 0 Å². The van der Waals surface area contributed by atoms with E-state index in [9.17, 15) is 4.79 Å². The zero-order valence-corrected chi connectivity index (χ0v) is 12.1. The monoisotopic (exact) mass is 256 g/mol. The van der Waals surface area contributed by atoms with Gasteiger partial charge in [0.1, 0.15) is 0 Å². The van der Waals surface area contributed by atoms with Gasteiger partial charge in [0.25, 0.3) is 0 Å². The third-order valence-corrected chi connectivity index (χ3v) is 3.92. The van der Waals surface area contributed by atoms with Crippen molar-refractivity contribution in [2.75, 3.05) is 39.8 Å². The second kappa shape index (κ2) is 7.10. The third-order valence-electron chi connectivity index (χ3n) is 3.92. The Balaban J connectivity index is 2.16. The molecule has 0 amide bonds. The van der Waals surface area contributed by atoms with Crippen molar-refractivity contribution < 1.29 is 9.90 Å². The lowest BCUT2D eigenvalue weighted by molar-refractivity contribution is -0.147. The quantitative estimate of drug-likeness (QED) is 0.737. The molecule has 1 aliphatic heterocycles. The molecule has 1 aliphatic rings. The van der Waals surface area contributed by atoms with Crippen molar-refractivity contribution in [3.63, 3.8) is 0 Å². The molecule has 0 aliphatic carbocycles. The van der Waals surface area contributed by atoms with Crippen LogP contribution in [0.1, 0.15) is 39.5 Å². The number of hydrogen-bond acceptors (Lipinski definition) is 3. The van der Waals surface area contributed by atoms with Crippen LogP contribution in [-0.2, 0) is 4.79 Å². The molecular weight excluding hydrogens is 228 g/mol. The summed E-state index contributed by atoms with van der Waals surface area (Å²) in [5.74, 6) is -0.682. The van der Waals surface area contributed by atoms with Crippen LogP contribution in [0, 0.1) is 5.41 Å². The molecule has 1 rings (SSSR count). The smallest absolute Gasteiger partial charge is 0.309 e. The zero-order valence-electron chi connectivity index (χ0n) is 12.1. The molecule has 4 nitrogen and oxygen atoms in total. The van der Waals surface area contributed by atoms with Crippen LogP contribution in [0.3, 0.4) is 0 Å². The summed E-state index contributed by atoms with van der Waals surface area (Å²) in [4.78, 5) is 15.9. The fourth-order valence-electron chi connectivity index (χ4n) is 2.33. The Labute approximate surface area is 111 Å². The molecule has 1 fully saturated rings. The van der Waals surface area contributed by atoms with Crippen LogP contribution < -0.4 is 0 Å². The first-order valence-electron chi connectivity index (χ1n) is 7.06. The summed E-state index contributed by atoms with van der Waals surface area (Å²) in [5, 5.41) is 9.04. The number of unbranched alkanes of at least 4 members (excludes halogenated alkanes) is 1. The molecule has 0 atom stereocenters. The molecule has 0 bridgehead atoms. The van der Waals surface area contributed by atoms with Gasteiger partial charge in [-0.1, -0.05) is 6.42 Å². The van der Waals surface area contributed by atoms with E-state index in [0.717, 1.165) is 38.9 Å². The second-order valence-electron chi connectivity index (χ2n) is 6.14. The Bertz CT molecular complexity index is 267. The number of nitrogens with zero attached hydrogens (tertiary/aromatic N) is 2. The third kappa shape index (κ3) is 5.36. The number of carbonyl (C=O) groups is 1. The van der Waals surface area contributed by atoms with Gasteiger partial charge in [0.15, 0.2) is 0 Å². The fourth-order valence-corrected chi connectivity index (χ4v) is 2.33. The normalized spacial score (nSPS) is 19.7. The molecule has 1 N–H and O–H groups in total. The van der Waals surface area contributed by atoms with Crippen LogP contribution in [0.15, 0.2) is 0 Å². The number of likely N-dealkylation sites (N-methyl/N-ethyl adjacent to an activating group) is 1. The van der Waals surface area contributed by atoms with Gasteiger partial charge < -0.3 is 14.9 Å². The van der Waals surface area contributed by atoms with E-state index in [0.29, 0.717) is 0 Å². The first-order chi connectivity index (χ1) is 8.42. The van der Waals surface area contributed by atoms with Gasteiger partial charge in [-0.2, -0.15) is 0 Å². The SMILES string of the molecule is CN1CCCN(CCCCC(C)(C)C(=O)O)CC1. The van der Waals surface area contributed by atoms with Gasteiger partial charge in [-0.15, -0.1) is 0 Å². The first-order valence-corrected chi connectivity index (χ1v) is 7.06. The lowest BCUT2D eigenvalue weighted by atomic mass is 9.87. The van der Waals surface area contributed by atoms with Crippen molar-refractivity contribution in [2.24, 2.45) is 5.41 Å². The van der Waals surface area contributed by atoms with Gasteiger partial charge in [0.2, 0.25) is 0 Å². The molecule has 0 saturated carbocycles. The fraction of sp³-hybridized carbons (Fsp3) is 0.929. The first kappa shape index (κ1) is 15.4. The summed E-state index contributed by atoms with van der Waals surface area (Å²) in [6.45, 7) is 9.44. The predicted molar refractivity (Wildman–Crippen MR) is 73.8 cm³/mol. The maximum absolute atomic E-state index is 11.0. The predicted octanol–water partition coefficient (Wildman–Crippen LogP) is 1.90. The van der Waals surface area contributed by atoms with Gasteiger partial charge in [0, 0.05) is 13.1 Å². The second-order valence-corrected chi connectivity index (χ2v) is 6.14. The Morgan fingerprint density at radius 1 is 1.17 bits per heavy atom. The number of hydrogen-bond donors (Lipinski definition) is 1. The summed E-state index contributed by atoms with van der Waals surface area (Å²) in [6.07, 6.45) is 4.14. The molecule has 1 saturated heterocycles. The van der Waals surface area contributed by atoms with E-state index in [4.69, 9.17) is 5.11 Å². The van der Waals surface area contributed by atoms with Crippen molar-refractivity contribution in [1.29, 1.82) is 0 Å². The minimum Gasteiger partial charge on any atom is -0.481 e. The molecule has 0 aromatic carbocycles. The molecule has 18 heavy (non-hydrogen) atoms. The maximum atomic E-state index is 11.0. The molecule has 1 heterocycles. The largest absolute Gasteiger partial charge is 0.481 e. The van der Waals surface area contributed by atoms with E-state index in [1.807, 2.05) is 13.8 Å². The maximum Gasteiger partial charge on any atom is 0.309 e. The van der Waals surface area contributed by atoms with E-state index in [-0.39, 0.29) is 0 Å². The van der Waals surface area contributed by atoms with Gasteiger partial charge in [-0.3, -0.25) is 4.79 Å². The average Bonchev–Trinajstić information content (AvgIpc) is 2.49. The van der Waals surface area contributed by atoms with Gasteiger partial charge in [-0.25, -0.2) is 0 Å². The lowest BCUT2D eigenvalue weighted by Crippen LogP contribution is -2.30. The zero-order chi connectivity index (χ0) is 13.6. The number of carboxylic acids is 1. The van der Waals surface area contributed by atoms with Crippen LogP contribution in [0.4, 0.5) is 0 Å². The molecule has 106 valence electrons. The van der Waals surface area contributed by atoms with Crippen molar-refractivity contribution in [2.45, 2.75) is 39.5 Å². The van der Waals surface area contributed by atoms with E-state index in [1.165, 1.54) is 19.5 Å². The number of rotatable bonds is 6. The minimum absolute atomic E-state index is 0.570. The number of carboxylic acid groups (broad SMARTS) is 1. The summed E-state index contributed by atoms with van der Waals surface area (Å²) < 4.78 is 0. The average molecular weight is 256 g/mol. The molecule has 0 aromatic heterocycles. The summed E-state index contributed by atoms with van der Waals surface area (Å²) in [6, 6.07) is 0. The van der Waals surface area contributed by atoms with Crippen LogP contribution >= 0.6 is 0 Å². The Morgan fingerprint density at radius 3 is 2.56 bits per heavy atom. The number of aliphatic carboxylic acids is 1. The van der Waals surface area contributed by atoms with Crippen molar-refractivity contribution in [1.82, 2.24) is 9.80 Å². The highest BCUT2D eigenvalue weighted by molar-refractivity contribution is 5.73. The van der Waals surface area contributed by atoms with Crippen LogP contribution in [-0.4, -0.2) is 60.6 Å². The van der Waals surface area contributed by atoms with E-state index < -0.39 is 11.4 Å². The topological polar surface area (TPSA) is 43.8 Å². The van der Waals surface area contributed by atoms with Crippen LogP contribution in [0.25, 0.3) is 0 Å². The highest BCUT2D eigenvalue weighted by atomic mass is 16.4. The molecule has 0 unspecified atom stereocenters. The lowest BCUT2D eigenvalue weighted by Gasteiger charge is -2.22. The highest BCUT2D eigenvalue weighted by Crippen LogP contribution is 2.23. The van der Waals surface area contributed by atoms with E-state index in [2.05, 4.69) is 16.8 Å². The van der Waals surface area contributed by atoms with E-state index >= 15 is 0 Å². The minimum atomic E-state index is -0.682. The van der Waals surface area contributed by atoms with Crippen LogP contribution in [0.2, 0.25) is 0 Å². The molecule has 0 radical (unpaired) electrons. The summed E-state index contributed by atoms with van der Waals surface area (Å²) in [5.41, 5.74) is -0.570. The Hall–Kier alpha value is -0.610. The van der Waals surface area contributed by atoms with Gasteiger partial charge >= 0.3 is 5.97 Å². The Kier molecular flexibility index (Phi) is 6.09. The van der Waals surface area contributed by atoms with Crippen molar-refractivity contribution in [3.8, 4) is 0 Å².